The van der Waals surface area contributed by atoms with Crippen LogP contribution in [0.4, 0.5) is 0 Å². The van der Waals surface area contributed by atoms with Gasteiger partial charge in [0.2, 0.25) is 0 Å². The average Bonchev–Trinajstić information content (AvgIpc) is 2.03. The number of pyridine rings is 1. The summed E-state index contributed by atoms with van der Waals surface area (Å²) < 4.78 is 4.93. The van der Waals surface area contributed by atoms with Crippen LogP contribution in [0.2, 0.25) is 0 Å². The lowest BCUT2D eigenvalue weighted by Crippen LogP contribution is -1.89. The van der Waals surface area contributed by atoms with Crippen molar-refractivity contribution < 1.29 is 4.74 Å². The molecule has 1 rings (SSSR count). The van der Waals surface area contributed by atoms with E-state index in [0.717, 1.165) is 11.3 Å². The molecule has 0 atom stereocenters. The van der Waals surface area contributed by atoms with Crippen molar-refractivity contribution in [2.45, 2.75) is 6.92 Å². The molecule has 2 nitrogen and oxygen atoms in total. The number of hydrogen-bond donors (Lipinski definition) is 0. The number of aromatic nitrogens is 1. The second-order valence-electron chi connectivity index (χ2n) is 2.35. The van der Waals surface area contributed by atoms with E-state index >= 15 is 0 Å². The number of aryl methyl sites for hydroxylation is 1. The summed E-state index contributed by atoms with van der Waals surface area (Å²) in [6.07, 6.45) is 1.74. The summed E-state index contributed by atoms with van der Waals surface area (Å²) in [6.45, 7) is 5.71. The van der Waals surface area contributed by atoms with Gasteiger partial charge in [-0.3, -0.25) is 4.98 Å². The summed E-state index contributed by atoms with van der Waals surface area (Å²) in [6, 6.07) is 3.87. The second kappa shape index (κ2) is 3.19. The first-order chi connectivity index (χ1) is 5.24. The molecule has 11 heavy (non-hydrogen) atoms. The SMILES string of the molecule is C=C(OC)c1cc(C)ccn1. The first-order valence-electron chi connectivity index (χ1n) is 3.40. The van der Waals surface area contributed by atoms with Crippen LogP contribution in [-0.2, 0) is 4.74 Å². The fourth-order valence-electron chi connectivity index (χ4n) is 0.793. The fourth-order valence-corrected chi connectivity index (χ4v) is 0.793. The first-order valence-corrected chi connectivity index (χ1v) is 3.40. The van der Waals surface area contributed by atoms with E-state index in [2.05, 4.69) is 11.6 Å². The average molecular weight is 149 g/mol. The normalized spacial score (nSPS) is 9.27. The Morgan fingerprint density at radius 3 is 2.91 bits per heavy atom. The van der Waals surface area contributed by atoms with E-state index < -0.39 is 0 Å². The van der Waals surface area contributed by atoms with Crippen molar-refractivity contribution >= 4 is 5.76 Å². The maximum atomic E-state index is 4.93. The van der Waals surface area contributed by atoms with Gasteiger partial charge in [0.05, 0.1) is 7.11 Å². The van der Waals surface area contributed by atoms with Crippen LogP contribution in [-0.4, -0.2) is 12.1 Å². The zero-order valence-corrected chi connectivity index (χ0v) is 6.79. The highest BCUT2D eigenvalue weighted by molar-refractivity contribution is 5.53. The van der Waals surface area contributed by atoms with E-state index in [0.29, 0.717) is 5.76 Å². The summed E-state index contributed by atoms with van der Waals surface area (Å²) >= 11 is 0. The van der Waals surface area contributed by atoms with E-state index in [-0.39, 0.29) is 0 Å². The van der Waals surface area contributed by atoms with Crippen LogP contribution in [0, 0.1) is 6.92 Å². The van der Waals surface area contributed by atoms with Crippen molar-refractivity contribution in [3.05, 3.63) is 36.2 Å². The third-order valence-corrected chi connectivity index (χ3v) is 1.45. The Morgan fingerprint density at radius 1 is 1.64 bits per heavy atom. The monoisotopic (exact) mass is 149 g/mol. The highest BCUT2D eigenvalue weighted by atomic mass is 16.5. The molecule has 0 fully saturated rings. The predicted molar refractivity (Wildman–Crippen MR) is 45.0 cm³/mol. The van der Waals surface area contributed by atoms with E-state index in [1.54, 1.807) is 13.3 Å². The highest BCUT2D eigenvalue weighted by Gasteiger charge is 1.97. The van der Waals surface area contributed by atoms with Gasteiger partial charge in [0, 0.05) is 6.20 Å². The van der Waals surface area contributed by atoms with Crippen molar-refractivity contribution in [1.82, 2.24) is 4.98 Å². The van der Waals surface area contributed by atoms with Crippen LogP contribution in [0.1, 0.15) is 11.3 Å². The lowest BCUT2D eigenvalue weighted by atomic mass is 10.2. The Labute approximate surface area is 66.5 Å². The van der Waals surface area contributed by atoms with Gasteiger partial charge in [0.1, 0.15) is 11.5 Å². The highest BCUT2D eigenvalue weighted by Crippen LogP contribution is 2.10. The number of ether oxygens (including phenoxy) is 1. The largest absolute Gasteiger partial charge is 0.495 e. The summed E-state index contributed by atoms with van der Waals surface area (Å²) in [5.74, 6) is 0.605. The summed E-state index contributed by atoms with van der Waals surface area (Å²) in [5, 5.41) is 0. The molecule has 0 saturated heterocycles. The Balaban J connectivity index is 2.96. The molecule has 0 saturated carbocycles. The molecule has 0 aromatic carbocycles. The molecule has 0 aliphatic rings. The minimum absolute atomic E-state index is 0.605. The molecule has 1 heterocycles. The molecular weight excluding hydrogens is 138 g/mol. The van der Waals surface area contributed by atoms with Crippen LogP contribution < -0.4 is 0 Å². The van der Waals surface area contributed by atoms with E-state index in [1.807, 2.05) is 19.1 Å². The molecule has 58 valence electrons. The maximum absolute atomic E-state index is 4.93. The van der Waals surface area contributed by atoms with Crippen LogP contribution >= 0.6 is 0 Å². The third kappa shape index (κ3) is 1.80. The summed E-state index contributed by atoms with van der Waals surface area (Å²) in [4.78, 5) is 4.09. The van der Waals surface area contributed by atoms with Gasteiger partial charge in [-0.25, -0.2) is 0 Å². The standard InChI is InChI=1S/C9H11NO/c1-7-4-5-10-9(6-7)8(2)11-3/h4-6H,2H2,1,3H3. The van der Waals surface area contributed by atoms with E-state index in [4.69, 9.17) is 4.74 Å². The number of methoxy groups -OCH3 is 1. The molecule has 0 unspecified atom stereocenters. The van der Waals surface area contributed by atoms with Crippen molar-refractivity contribution in [1.29, 1.82) is 0 Å². The first kappa shape index (κ1) is 7.79. The molecule has 0 radical (unpaired) electrons. The number of rotatable bonds is 2. The van der Waals surface area contributed by atoms with Crippen molar-refractivity contribution in [2.75, 3.05) is 7.11 Å². The van der Waals surface area contributed by atoms with Crippen LogP contribution in [0.25, 0.3) is 5.76 Å². The number of hydrogen-bond acceptors (Lipinski definition) is 2. The zero-order valence-electron chi connectivity index (χ0n) is 6.79. The Bertz CT molecular complexity index is 268. The molecule has 0 N–H and O–H groups in total. The van der Waals surface area contributed by atoms with E-state index in [9.17, 15) is 0 Å². The zero-order chi connectivity index (χ0) is 8.27. The third-order valence-electron chi connectivity index (χ3n) is 1.45. The lowest BCUT2D eigenvalue weighted by molar-refractivity contribution is 0.369. The lowest BCUT2D eigenvalue weighted by Gasteiger charge is -2.02. The van der Waals surface area contributed by atoms with Crippen LogP contribution in [0.15, 0.2) is 24.9 Å². The second-order valence-corrected chi connectivity index (χ2v) is 2.35. The topological polar surface area (TPSA) is 22.1 Å². The molecule has 0 aliphatic carbocycles. The summed E-state index contributed by atoms with van der Waals surface area (Å²) in [7, 11) is 1.59. The quantitative estimate of drug-likeness (QED) is 0.600. The molecule has 2 heteroatoms. The van der Waals surface area contributed by atoms with Crippen LogP contribution in [0.3, 0.4) is 0 Å². The van der Waals surface area contributed by atoms with Crippen molar-refractivity contribution in [3.8, 4) is 0 Å². The Morgan fingerprint density at radius 2 is 2.36 bits per heavy atom. The Hall–Kier alpha value is -1.31. The van der Waals surface area contributed by atoms with Gasteiger partial charge in [0.25, 0.3) is 0 Å². The molecule has 0 spiro atoms. The smallest absolute Gasteiger partial charge is 0.137 e. The Kier molecular flexibility index (Phi) is 2.26. The van der Waals surface area contributed by atoms with Crippen molar-refractivity contribution in [2.24, 2.45) is 0 Å². The predicted octanol–water partition coefficient (Wildman–Crippen LogP) is 2.01. The molecule has 1 aromatic heterocycles. The van der Waals surface area contributed by atoms with Crippen LogP contribution in [0.5, 0.6) is 0 Å². The fraction of sp³-hybridized carbons (Fsp3) is 0.222. The molecular formula is C9H11NO. The molecule has 0 amide bonds. The van der Waals surface area contributed by atoms with Gasteiger partial charge >= 0.3 is 0 Å². The van der Waals surface area contributed by atoms with Gasteiger partial charge in [-0.05, 0) is 24.6 Å². The molecule has 0 aliphatic heterocycles. The molecule has 1 aromatic rings. The van der Waals surface area contributed by atoms with Gasteiger partial charge < -0.3 is 4.74 Å². The number of nitrogens with zero attached hydrogens (tertiary/aromatic N) is 1. The van der Waals surface area contributed by atoms with E-state index in [1.165, 1.54) is 0 Å². The van der Waals surface area contributed by atoms with Gasteiger partial charge in [-0.2, -0.15) is 0 Å². The molecule has 0 bridgehead atoms. The van der Waals surface area contributed by atoms with Gasteiger partial charge in [-0.1, -0.05) is 6.58 Å². The summed E-state index contributed by atoms with van der Waals surface area (Å²) in [5.41, 5.74) is 1.96. The minimum atomic E-state index is 0.605. The van der Waals surface area contributed by atoms with Gasteiger partial charge in [0.15, 0.2) is 0 Å². The minimum Gasteiger partial charge on any atom is -0.495 e. The maximum Gasteiger partial charge on any atom is 0.137 e. The van der Waals surface area contributed by atoms with Gasteiger partial charge in [-0.15, -0.1) is 0 Å². The van der Waals surface area contributed by atoms with Crippen molar-refractivity contribution in [3.63, 3.8) is 0 Å².